The highest BCUT2D eigenvalue weighted by Gasteiger charge is 2.23. The first-order chi connectivity index (χ1) is 16.8. The molecule has 0 aliphatic carbocycles. The van der Waals surface area contributed by atoms with Crippen molar-refractivity contribution in [2.45, 2.75) is 26.9 Å². The SMILES string of the molecule is CCOC(=O)c1cnc2cc(OC(C)C)c(N3CCN(C)CC3)cc2c1Nc1cccc(Cl)c1Cl. The van der Waals surface area contributed by atoms with Gasteiger partial charge in [-0.25, -0.2) is 4.79 Å². The number of piperazine rings is 1. The predicted octanol–water partition coefficient (Wildman–Crippen LogP) is 6.00. The molecule has 2 aromatic carbocycles. The average Bonchev–Trinajstić information content (AvgIpc) is 2.82. The van der Waals surface area contributed by atoms with E-state index < -0.39 is 5.97 Å². The molecule has 0 atom stereocenters. The summed E-state index contributed by atoms with van der Waals surface area (Å²) in [6.45, 7) is 9.66. The summed E-state index contributed by atoms with van der Waals surface area (Å²) in [5.74, 6) is 0.298. The normalized spacial score (nSPS) is 14.4. The van der Waals surface area contributed by atoms with Gasteiger partial charge in [0.2, 0.25) is 0 Å². The van der Waals surface area contributed by atoms with E-state index >= 15 is 0 Å². The second kappa shape index (κ2) is 10.9. The van der Waals surface area contributed by atoms with Crippen molar-refractivity contribution >= 4 is 57.1 Å². The fourth-order valence-corrected chi connectivity index (χ4v) is 4.43. The zero-order chi connectivity index (χ0) is 25.1. The van der Waals surface area contributed by atoms with E-state index in [2.05, 4.69) is 27.1 Å². The molecule has 1 fully saturated rings. The van der Waals surface area contributed by atoms with Crippen LogP contribution in [0.2, 0.25) is 10.0 Å². The summed E-state index contributed by atoms with van der Waals surface area (Å²) >= 11 is 12.7. The molecule has 0 spiro atoms. The summed E-state index contributed by atoms with van der Waals surface area (Å²) in [6, 6.07) is 9.30. The lowest BCUT2D eigenvalue weighted by Gasteiger charge is -2.35. The molecule has 0 amide bonds. The van der Waals surface area contributed by atoms with Crippen molar-refractivity contribution in [2.24, 2.45) is 0 Å². The summed E-state index contributed by atoms with van der Waals surface area (Å²) in [6.07, 6.45) is 1.52. The number of carbonyl (C=O) groups excluding carboxylic acids is 1. The zero-order valence-corrected chi connectivity index (χ0v) is 21.9. The number of halogens is 2. The Morgan fingerprint density at radius 1 is 1.17 bits per heavy atom. The Balaban J connectivity index is 1.91. The predicted molar refractivity (Wildman–Crippen MR) is 143 cm³/mol. The number of nitrogens with zero attached hydrogens (tertiary/aromatic N) is 3. The smallest absolute Gasteiger partial charge is 0.341 e. The van der Waals surface area contributed by atoms with E-state index in [-0.39, 0.29) is 12.7 Å². The van der Waals surface area contributed by atoms with E-state index in [9.17, 15) is 4.79 Å². The van der Waals surface area contributed by atoms with Crippen molar-refractivity contribution in [1.82, 2.24) is 9.88 Å². The quantitative estimate of drug-likeness (QED) is 0.386. The number of hydrogen-bond donors (Lipinski definition) is 1. The van der Waals surface area contributed by atoms with E-state index in [1.165, 1.54) is 6.20 Å². The monoisotopic (exact) mass is 516 g/mol. The minimum Gasteiger partial charge on any atom is -0.489 e. The van der Waals surface area contributed by atoms with Crippen LogP contribution < -0.4 is 15.0 Å². The molecule has 0 unspecified atom stereocenters. The number of rotatable bonds is 7. The maximum atomic E-state index is 12.9. The van der Waals surface area contributed by atoms with Crippen molar-refractivity contribution in [2.75, 3.05) is 50.1 Å². The molecule has 1 aromatic heterocycles. The second-order valence-corrected chi connectivity index (χ2v) is 9.57. The van der Waals surface area contributed by atoms with Crippen LogP contribution in [0.1, 0.15) is 31.1 Å². The molecular formula is C26H30Cl2N4O3. The first-order valence-electron chi connectivity index (χ1n) is 11.7. The Bertz CT molecular complexity index is 1230. The van der Waals surface area contributed by atoms with Crippen LogP contribution in [-0.4, -0.2) is 61.8 Å². The number of nitrogens with one attached hydrogen (secondary N) is 1. The topological polar surface area (TPSA) is 66.9 Å². The van der Waals surface area contributed by atoms with Crippen LogP contribution in [0.5, 0.6) is 5.75 Å². The van der Waals surface area contributed by atoms with Gasteiger partial charge in [0, 0.05) is 43.8 Å². The molecule has 0 radical (unpaired) electrons. The lowest BCUT2D eigenvalue weighted by Crippen LogP contribution is -2.44. The number of carbonyl (C=O) groups is 1. The third-order valence-electron chi connectivity index (χ3n) is 5.86. The highest BCUT2D eigenvalue weighted by atomic mass is 35.5. The van der Waals surface area contributed by atoms with Crippen LogP contribution in [0.15, 0.2) is 36.5 Å². The fraction of sp³-hybridized carbons (Fsp3) is 0.385. The third-order valence-corrected chi connectivity index (χ3v) is 6.68. The van der Waals surface area contributed by atoms with Gasteiger partial charge in [0.05, 0.1) is 45.3 Å². The van der Waals surface area contributed by atoms with Crippen LogP contribution in [-0.2, 0) is 4.74 Å². The molecule has 4 rings (SSSR count). The number of pyridine rings is 1. The van der Waals surface area contributed by atoms with Gasteiger partial charge in [0.15, 0.2) is 0 Å². The van der Waals surface area contributed by atoms with E-state index in [0.717, 1.165) is 43.0 Å². The molecule has 0 saturated carbocycles. The van der Waals surface area contributed by atoms with Crippen molar-refractivity contribution in [3.63, 3.8) is 0 Å². The Morgan fingerprint density at radius 3 is 2.60 bits per heavy atom. The van der Waals surface area contributed by atoms with Crippen LogP contribution in [0.4, 0.5) is 17.1 Å². The van der Waals surface area contributed by atoms with Gasteiger partial charge >= 0.3 is 5.97 Å². The van der Waals surface area contributed by atoms with Crippen molar-refractivity contribution in [1.29, 1.82) is 0 Å². The molecule has 1 N–H and O–H groups in total. The number of likely N-dealkylation sites (N-methyl/N-ethyl adjacent to an activating group) is 1. The van der Waals surface area contributed by atoms with Crippen LogP contribution in [0.25, 0.3) is 10.9 Å². The molecule has 1 aliphatic heterocycles. The van der Waals surface area contributed by atoms with Gasteiger partial charge in [-0.3, -0.25) is 4.98 Å². The first-order valence-corrected chi connectivity index (χ1v) is 12.5. The maximum Gasteiger partial charge on any atom is 0.341 e. The van der Waals surface area contributed by atoms with Crippen LogP contribution >= 0.6 is 23.2 Å². The van der Waals surface area contributed by atoms with E-state index in [0.29, 0.717) is 32.5 Å². The van der Waals surface area contributed by atoms with Crippen molar-refractivity contribution in [3.8, 4) is 5.75 Å². The molecule has 186 valence electrons. The van der Waals surface area contributed by atoms with Crippen molar-refractivity contribution < 1.29 is 14.3 Å². The maximum absolute atomic E-state index is 12.9. The number of aromatic nitrogens is 1. The first kappa shape index (κ1) is 25.4. The number of anilines is 3. The fourth-order valence-electron chi connectivity index (χ4n) is 4.08. The summed E-state index contributed by atoms with van der Waals surface area (Å²) in [4.78, 5) is 22.1. The van der Waals surface area contributed by atoms with E-state index in [4.69, 9.17) is 32.7 Å². The largest absolute Gasteiger partial charge is 0.489 e. The number of benzene rings is 2. The van der Waals surface area contributed by atoms with Gasteiger partial charge in [-0.2, -0.15) is 0 Å². The molecule has 7 nitrogen and oxygen atoms in total. The van der Waals surface area contributed by atoms with E-state index in [1.54, 1.807) is 19.1 Å². The third kappa shape index (κ3) is 5.58. The zero-order valence-electron chi connectivity index (χ0n) is 20.4. The highest BCUT2D eigenvalue weighted by molar-refractivity contribution is 6.43. The number of hydrogen-bond acceptors (Lipinski definition) is 7. The van der Waals surface area contributed by atoms with Gasteiger partial charge in [-0.1, -0.05) is 29.3 Å². The molecule has 1 aliphatic rings. The van der Waals surface area contributed by atoms with Gasteiger partial charge < -0.3 is 24.6 Å². The molecule has 2 heterocycles. The molecule has 0 bridgehead atoms. The summed E-state index contributed by atoms with van der Waals surface area (Å²) in [5, 5.41) is 4.88. The molecule has 9 heteroatoms. The Labute approximate surface area is 215 Å². The molecule has 3 aromatic rings. The summed E-state index contributed by atoms with van der Waals surface area (Å²) in [7, 11) is 2.12. The Morgan fingerprint density at radius 2 is 1.91 bits per heavy atom. The summed E-state index contributed by atoms with van der Waals surface area (Å²) < 4.78 is 11.5. The number of fused-ring (bicyclic) bond motifs is 1. The van der Waals surface area contributed by atoms with Crippen LogP contribution in [0.3, 0.4) is 0 Å². The molecule has 1 saturated heterocycles. The Kier molecular flexibility index (Phi) is 7.89. The lowest BCUT2D eigenvalue weighted by molar-refractivity contribution is 0.0527. The van der Waals surface area contributed by atoms with Crippen molar-refractivity contribution in [3.05, 3.63) is 52.1 Å². The minimum atomic E-state index is -0.466. The standard InChI is InChI=1S/C26H30Cl2N4O3/c1-5-34-26(33)18-15-29-21-14-23(35-16(2)3)22(32-11-9-31(4)10-12-32)13-17(21)25(18)30-20-8-6-7-19(27)24(20)28/h6-8,13-16H,5,9-12H2,1-4H3,(H,29,30). The lowest BCUT2D eigenvalue weighted by atomic mass is 10.1. The number of ether oxygens (including phenoxy) is 2. The highest BCUT2D eigenvalue weighted by Crippen LogP contribution is 2.40. The molecule has 35 heavy (non-hydrogen) atoms. The van der Waals surface area contributed by atoms with E-state index in [1.807, 2.05) is 32.0 Å². The summed E-state index contributed by atoms with van der Waals surface area (Å²) in [5.41, 5.74) is 3.11. The van der Waals surface area contributed by atoms with Crippen LogP contribution in [0, 0.1) is 0 Å². The number of esters is 1. The Hall–Kier alpha value is -2.74. The average molecular weight is 517 g/mol. The minimum absolute atomic E-state index is 0.000307. The van der Waals surface area contributed by atoms with Gasteiger partial charge in [-0.05, 0) is 46.0 Å². The van der Waals surface area contributed by atoms with Gasteiger partial charge in [-0.15, -0.1) is 0 Å². The molecular weight excluding hydrogens is 487 g/mol. The van der Waals surface area contributed by atoms with Gasteiger partial charge in [0.1, 0.15) is 11.3 Å². The second-order valence-electron chi connectivity index (χ2n) is 8.79. The van der Waals surface area contributed by atoms with Gasteiger partial charge in [0.25, 0.3) is 0 Å².